The summed E-state index contributed by atoms with van der Waals surface area (Å²) in [4.78, 5) is 4.57. The van der Waals surface area contributed by atoms with Gasteiger partial charge in [0, 0.05) is 38.3 Å². The molecule has 0 aromatic carbocycles. The van der Waals surface area contributed by atoms with Crippen molar-refractivity contribution in [3.05, 3.63) is 0 Å². The fraction of sp³-hybridized carbons (Fsp3) is 1.00. The van der Waals surface area contributed by atoms with E-state index in [0.29, 0.717) is 32.2 Å². The maximum atomic E-state index is 12.3. The monoisotopic (exact) mass is 388 g/mol. The molecular weight excluding hydrogens is 356 g/mol. The first-order chi connectivity index (χ1) is 12.2. The van der Waals surface area contributed by atoms with Gasteiger partial charge in [0.2, 0.25) is 0 Å². The Hall–Kier alpha value is -0.250. The fourth-order valence-corrected chi connectivity index (χ4v) is 7.15. The van der Waals surface area contributed by atoms with Gasteiger partial charge in [0.1, 0.15) is 10.3 Å². The van der Waals surface area contributed by atoms with Gasteiger partial charge in [-0.1, -0.05) is 0 Å². The number of ether oxygens (including phenoxy) is 2. The number of aliphatic hydroxyl groups is 1. The molecule has 7 nitrogen and oxygen atoms in total. The van der Waals surface area contributed by atoms with Crippen LogP contribution in [0.1, 0.15) is 33.6 Å². The molecule has 4 rings (SSSR count). The molecule has 4 aliphatic heterocycles. The normalized spacial score (nSPS) is 36.5. The second-order valence-corrected chi connectivity index (χ2v) is 11.5. The van der Waals surface area contributed by atoms with Crippen LogP contribution < -0.4 is 0 Å². The van der Waals surface area contributed by atoms with Crippen LogP contribution >= 0.6 is 0 Å². The maximum Gasteiger partial charge on any atom is 0.161 e. The van der Waals surface area contributed by atoms with E-state index in [0.717, 1.165) is 26.1 Å². The molecule has 0 bridgehead atoms. The van der Waals surface area contributed by atoms with Gasteiger partial charge in [0.15, 0.2) is 9.84 Å². The molecule has 4 heterocycles. The largest absolute Gasteiger partial charge is 0.392 e. The lowest BCUT2D eigenvalue weighted by molar-refractivity contribution is -0.179. The zero-order valence-electron chi connectivity index (χ0n) is 16.1. The average molecular weight is 389 g/mol. The smallest absolute Gasteiger partial charge is 0.161 e. The molecule has 0 aromatic heterocycles. The fourth-order valence-electron chi connectivity index (χ4n) is 5.00. The van der Waals surface area contributed by atoms with Gasteiger partial charge in [-0.2, -0.15) is 0 Å². The van der Waals surface area contributed by atoms with Crippen LogP contribution in [-0.2, 0) is 19.3 Å². The van der Waals surface area contributed by atoms with Crippen LogP contribution in [0.25, 0.3) is 0 Å². The van der Waals surface area contributed by atoms with Gasteiger partial charge in [0.05, 0.1) is 31.2 Å². The Morgan fingerprint density at radius 1 is 1.19 bits per heavy atom. The van der Waals surface area contributed by atoms with E-state index in [-0.39, 0.29) is 23.5 Å². The highest BCUT2D eigenvalue weighted by molar-refractivity contribution is 7.93. The molecule has 3 atom stereocenters. The number of hydrogen-bond donors (Lipinski definition) is 1. The van der Waals surface area contributed by atoms with Crippen molar-refractivity contribution in [2.24, 2.45) is 0 Å². The van der Waals surface area contributed by atoms with Crippen LogP contribution in [0.4, 0.5) is 0 Å². The molecule has 0 radical (unpaired) electrons. The van der Waals surface area contributed by atoms with Crippen molar-refractivity contribution >= 4 is 9.84 Å². The average Bonchev–Trinajstić information content (AvgIpc) is 2.98. The van der Waals surface area contributed by atoms with Crippen molar-refractivity contribution in [2.75, 3.05) is 45.1 Å². The number of hydrogen-bond acceptors (Lipinski definition) is 7. The Morgan fingerprint density at radius 2 is 1.88 bits per heavy atom. The Kier molecular flexibility index (Phi) is 4.69. The molecule has 26 heavy (non-hydrogen) atoms. The van der Waals surface area contributed by atoms with Gasteiger partial charge >= 0.3 is 0 Å². The standard InChI is InChI=1S/C18H32N2O5S/c1-13(2)19-11-18(12-19)16(4-5-25-18)24-7-14(3)20-9-17(10-20)6-15(21)8-26(17,22)23/h13-16,21H,4-12H2,1-3H3. The molecule has 3 unspecified atom stereocenters. The Balaban J connectivity index is 1.27. The molecule has 0 amide bonds. The highest BCUT2D eigenvalue weighted by Crippen LogP contribution is 2.42. The first-order valence-corrected chi connectivity index (χ1v) is 11.5. The predicted molar refractivity (Wildman–Crippen MR) is 97.9 cm³/mol. The van der Waals surface area contributed by atoms with Gasteiger partial charge in [-0.3, -0.25) is 9.80 Å². The van der Waals surface area contributed by atoms with E-state index in [2.05, 4.69) is 30.6 Å². The zero-order chi connectivity index (χ0) is 18.7. The lowest BCUT2D eigenvalue weighted by atomic mass is 9.87. The van der Waals surface area contributed by atoms with Crippen LogP contribution in [0.2, 0.25) is 0 Å². The second-order valence-electron chi connectivity index (χ2n) is 9.10. The topological polar surface area (TPSA) is 79.3 Å². The van der Waals surface area contributed by atoms with E-state index in [1.54, 1.807) is 0 Å². The molecule has 4 fully saturated rings. The van der Waals surface area contributed by atoms with Crippen molar-refractivity contribution in [1.29, 1.82) is 0 Å². The summed E-state index contributed by atoms with van der Waals surface area (Å²) in [6.07, 6.45) is 0.742. The molecule has 4 aliphatic rings. The van der Waals surface area contributed by atoms with Crippen molar-refractivity contribution in [1.82, 2.24) is 9.80 Å². The van der Waals surface area contributed by atoms with E-state index < -0.39 is 20.7 Å². The van der Waals surface area contributed by atoms with Crippen molar-refractivity contribution in [3.63, 3.8) is 0 Å². The summed E-state index contributed by atoms with van der Waals surface area (Å²) in [5, 5.41) is 9.75. The molecule has 150 valence electrons. The Morgan fingerprint density at radius 3 is 2.46 bits per heavy atom. The number of likely N-dealkylation sites (tertiary alicyclic amines) is 2. The molecule has 1 N–H and O–H groups in total. The van der Waals surface area contributed by atoms with Crippen molar-refractivity contribution < 1.29 is 23.0 Å². The molecular formula is C18H32N2O5S. The third-order valence-corrected chi connectivity index (χ3v) is 9.42. The zero-order valence-corrected chi connectivity index (χ0v) is 16.9. The van der Waals surface area contributed by atoms with Crippen molar-refractivity contribution in [2.45, 2.75) is 68.3 Å². The highest BCUT2D eigenvalue weighted by Gasteiger charge is 2.59. The summed E-state index contributed by atoms with van der Waals surface area (Å²) >= 11 is 0. The van der Waals surface area contributed by atoms with Gasteiger partial charge in [0.25, 0.3) is 0 Å². The first-order valence-electron chi connectivity index (χ1n) is 9.80. The van der Waals surface area contributed by atoms with Gasteiger partial charge in [-0.25, -0.2) is 8.42 Å². The highest BCUT2D eigenvalue weighted by atomic mass is 32.2. The molecule has 0 aromatic rings. The maximum absolute atomic E-state index is 12.3. The SMILES string of the molecule is CC(C)N1CC2(C1)OCCC2OCC(C)N1CC2(CC(O)CS2(=O)=O)C1. The third-order valence-electron chi connectivity index (χ3n) is 6.85. The lowest BCUT2D eigenvalue weighted by Gasteiger charge is -2.52. The third kappa shape index (κ3) is 2.93. The van der Waals surface area contributed by atoms with Crippen LogP contribution in [0, 0.1) is 0 Å². The van der Waals surface area contributed by atoms with Crippen LogP contribution in [0.15, 0.2) is 0 Å². The van der Waals surface area contributed by atoms with Crippen LogP contribution in [0.3, 0.4) is 0 Å². The molecule has 4 saturated heterocycles. The number of nitrogens with zero attached hydrogens (tertiary/aromatic N) is 2. The minimum Gasteiger partial charge on any atom is -0.392 e. The second kappa shape index (κ2) is 6.39. The number of rotatable bonds is 5. The van der Waals surface area contributed by atoms with Crippen LogP contribution in [-0.4, -0.2) is 103 Å². The summed E-state index contributed by atoms with van der Waals surface area (Å²) < 4.78 is 36.1. The van der Waals surface area contributed by atoms with E-state index in [1.807, 2.05) is 0 Å². The minimum absolute atomic E-state index is 0.0833. The van der Waals surface area contributed by atoms with Gasteiger partial charge in [-0.15, -0.1) is 0 Å². The molecule has 0 aliphatic carbocycles. The minimum atomic E-state index is -3.18. The Labute approximate surface area is 156 Å². The lowest BCUT2D eigenvalue weighted by Crippen LogP contribution is -2.69. The van der Waals surface area contributed by atoms with Crippen molar-refractivity contribution in [3.8, 4) is 0 Å². The quantitative estimate of drug-likeness (QED) is 0.703. The molecule has 2 spiro atoms. The Bertz CT molecular complexity index is 640. The first kappa shape index (κ1) is 19.1. The van der Waals surface area contributed by atoms with E-state index >= 15 is 0 Å². The molecule has 0 saturated carbocycles. The van der Waals surface area contributed by atoms with E-state index in [1.165, 1.54) is 0 Å². The number of sulfone groups is 1. The van der Waals surface area contributed by atoms with E-state index in [9.17, 15) is 13.5 Å². The summed E-state index contributed by atoms with van der Waals surface area (Å²) in [6.45, 7) is 10.8. The van der Waals surface area contributed by atoms with Gasteiger partial charge < -0.3 is 14.6 Å². The number of aliphatic hydroxyl groups excluding tert-OH is 1. The van der Waals surface area contributed by atoms with Gasteiger partial charge in [-0.05, 0) is 33.6 Å². The van der Waals surface area contributed by atoms with E-state index in [4.69, 9.17) is 9.47 Å². The predicted octanol–water partition coefficient (Wildman–Crippen LogP) is -0.123. The summed E-state index contributed by atoms with van der Waals surface area (Å²) in [5.41, 5.74) is -0.140. The summed E-state index contributed by atoms with van der Waals surface area (Å²) in [6, 6.07) is 0.706. The summed E-state index contributed by atoms with van der Waals surface area (Å²) in [7, 11) is -3.18. The van der Waals surface area contributed by atoms with Crippen LogP contribution in [0.5, 0.6) is 0 Å². The molecule has 8 heteroatoms. The summed E-state index contributed by atoms with van der Waals surface area (Å²) in [5.74, 6) is -0.0833.